The lowest BCUT2D eigenvalue weighted by Crippen LogP contribution is -2.27. The average molecular weight is 450 g/mol. The minimum Gasteiger partial charge on any atom is -0.252 e. The summed E-state index contributed by atoms with van der Waals surface area (Å²) in [5.74, 6) is -0.337. The third kappa shape index (κ3) is 7.23. The van der Waals surface area contributed by atoms with Crippen LogP contribution in [-0.2, 0) is 0 Å². The normalized spacial score (nSPS) is 14.4. The molecule has 1 heterocycles. The Bertz CT molecular complexity index is 781. The highest BCUT2D eigenvalue weighted by atomic mass is 35.5. The summed E-state index contributed by atoms with van der Waals surface area (Å²) in [7, 11) is 0. The number of benzene rings is 1. The maximum absolute atomic E-state index is 12.3. The van der Waals surface area contributed by atoms with Gasteiger partial charge in [-0.3, -0.25) is 4.72 Å². The zero-order valence-electron chi connectivity index (χ0n) is 14.7. The Kier molecular flexibility index (Phi) is 8.37. The lowest BCUT2D eigenvalue weighted by molar-refractivity contribution is -0.0802. The van der Waals surface area contributed by atoms with Gasteiger partial charge in [-0.05, 0) is 48.6 Å². The van der Waals surface area contributed by atoms with E-state index in [1.807, 2.05) is 37.3 Å². The number of nitrogens with one attached hydrogen (secondary N) is 1. The summed E-state index contributed by atoms with van der Waals surface area (Å²) in [4.78, 5) is 1.03. The molecule has 0 bridgehead atoms. The summed E-state index contributed by atoms with van der Waals surface area (Å²) in [6, 6.07) is 9.52. The van der Waals surface area contributed by atoms with E-state index in [2.05, 4.69) is 11.3 Å². The zero-order chi connectivity index (χ0) is 20.0. The predicted octanol–water partition coefficient (Wildman–Crippen LogP) is 7.77. The van der Waals surface area contributed by atoms with Gasteiger partial charge < -0.3 is 0 Å². The summed E-state index contributed by atoms with van der Waals surface area (Å²) in [5.41, 5.74) is 1.12. The molecule has 2 atom stereocenters. The summed E-state index contributed by atoms with van der Waals surface area (Å²) < 4.78 is 42.3. The van der Waals surface area contributed by atoms with E-state index in [1.54, 1.807) is 36.1 Å². The molecule has 1 aromatic heterocycles. The van der Waals surface area contributed by atoms with Crippen molar-refractivity contribution in [3.63, 3.8) is 0 Å². The third-order valence-corrected chi connectivity index (χ3v) is 7.54. The van der Waals surface area contributed by atoms with Crippen LogP contribution in [0.2, 0.25) is 5.02 Å². The van der Waals surface area contributed by atoms with Crippen molar-refractivity contribution in [3.8, 4) is 0 Å². The third-order valence-electron chi connectivity index (χ3n) is 3.63. The van der Waals surface area contributed by atoms with Gasteiger partial charge in [-0.2, -0.15) is 13.2 Å². The molecule has 0 radical (unpaired) electrons. The topological polar surface area (TPSA) is 12.0 Å². The van der Waals surface area contributed by atoms with Crippen LogP contribution in [0.4, 0.5) is 13.2 Å². The highest BCUT2D eigenvalue weighted by Crippen LogP contribution is 2.40. The number of aryl methyl sites for hydroxylation is 1. The minimum atomic E-state index is -4.30. The lowest BCUT2D eigenvalue weighted by Gasteiger charge is -2.18. The van der Waals surface area contributed by atoms with Crippen LogP contribution in [0.5, 0.6) is 0 Å². The van der Waals surface area contributed by atoms with Crippen molar-refractivity contribution >= 4 is 46.6 Å². The first-order valence-corrected chi connectivity index (χ1v) is 10.9. The quantitative estimate of drug-likeness (QED) is 0.326. The van der Waals surface area contributed by atoms with Crippen molar-refractivity contribution in [2.75, 3.05) is 0 Å². The van der Waals surface area contributed by atoms with Crippen LogP contribution in [0.15, 0.2) is 68.5 Å². The first kappa shape index (κ1) is 22.4. The molecule has 0 amide bonds. The summed E-state index contributed by atoms with van der Waals surface area (Å²) in [6.07, 6.45) is -1.26. The van der Waals surface area contributed by atoms with Crippen LogP contribution in [0.25, 0.3) is 0 Å². The van der Waals surface area contributed by atoms with Crippen LogP contribution >= 0.6 is 46.6 Å². The number of halogens is 4. The molecule has 0 aliphatic rings. The molecule has 1 N–H and O–H groups in total. The lowest BCUT2D eigenvalue weighted by atomic mass is 10.0. The van der Waals surface area contributed by atoms with E-state index in [-0.39, 0.29) is 18.0 Å². The Morgan fingerprint density at radius 1 is 1.22 bits per heavy atom. The standard InChI is InChI=1S/C19H19ClF3NS3/c1-4-15(12(2)10-11-19(21,22)23)24-27-17-9-8-16(25-17)26-18-13(3)6-5-7-14(18)20/h4-12,15,24H,1H2,2-3H3/b11-10+. The Morgan fingerprint density at radius 2 is 1.93 bits per heavy atom. The van der Waals surface area contributed by atoms with Crippen LogP contribution < -0.4 is 4.72 Å². The van der Waals surface area contributed by atoms with Gasteiger partial charge in [-0.25, -0.2) is 0 Å². The fraction of sp³-hybridized carbons (Fsp3) is 0.263. The number of thiophene rings is 1. The van der Waals surface area contributed by atoms with Gasteiger partial charge in [-0.15, -0.1) is 17.9 Å². The van der Waals surface area contributed by atoms with E-state index in [9.17, 15) is 13.2 Å². The van der Waals surface area contributed by atoms with Gasteiger partial charge in [0.1, 0.15) is 0 Å². The monoisotopic (exact) mass is 449 g/mol. The highest BCUT2D eigenvalue weighted by Gasteiger charge is 2.23. The smallest absolute Gasteiger partial charge is 0.252 e. The van der Waals surface area contributed by atoms with E-state index < -0.39 is 6.18 Å². The Morgan fingerprint density at radius 3 is 2.56 bits per heavy atom. The van der Waals surface area contributed by atoms with Crippen LogP contribution in [0.3, 0.4) is 0 Å². The number of hydrogen-bond donors (Lipinski definition) is 1. The number of rotatable bonds is 8. The van der Waals surface area contributed by atoms with Crippen LogP contribution in [0.1, 0.15) is 12.5 Å². The maximum Gasteiger partial charge on any atom is 0.409 e. The molecule has 146 valence electrons. The molecule has 27 heavy (non-hydrogen) atoms. The van der Waals surface area contributed by atoms with E-state index in [4.69, 9.17) is 11.6 Å². The van der Waals surface area contributed by atoms with Gasteiger partial charge in [0.2, 0.25) is 0 Å². The fourth-order valence-corrected chi connectivity index (χ4v) is 5.80. The van der Waals surface area contributed by atoms with Gasteiger partial charge >= 0.3 is 6.18 Å². The second-order valence-corrected chi connectivity index (χ2v) is 9.74. The van der Waals surface area contributed by atoms with Gasteiger partial charge in [-0.1, -0.05) is 54.6 Å². The summed E-state index contributed by atoms with van der Waals surface area (Å²) in [6.45, 7) is 7.45. The number of alkyl halides is 3. The molecule has 2 unspecified atom stereocenters. The highest BCUT2D eigenvalue weighted by molar-refractivity contribution is 8.02. The van der Waals surface area contributed by atoms with Crippen LogP contribution in [0, 0.1) is 12.8 Å². The largest absolute Gasteiger partial charge is 0.409 e. The first-order valence-electron chi connectivity index (χ1n) is 8.03. The van der Waals surface area contributed by atoms with Crippen molar-refractivity contribution in [1.82, 2.24) is 4.72 Å². The average Bonchev–Trinajstić information content (AvgIpc) is 3.04. The van der Waals surface area contributed by atoms with Gasteiger partial charge in [0.05, 0.1) is 13.4 Å². The molecule has 1 aromatic carbocycles. The van der Waals surface area contributed by atoms with E-state index in [1.165, 1.54) is 11.9 Å². The molecule has 0 saturated carbocycles. The number of allylic oxidation sites excluding steroid dienone is 1. The molecule has 0 aliphatic carbocycles. The predicted molar refractivity (Wildman–Crippen MR) is 112 cm³/mol. The summed E-state index contributed by atoms with van der Waals surface area (Å²) >= 11 is 10.9. The molecular weight excluding hydrogens is 431 g/mol. The Balaban J connectivity index is 1.97. The molecular formula is C19H19ClF3NS3. The number of hydrogen-bond acceptors (Lipinski definition) is 4. The van der Waals surface area contributed by atoms with Gasteiger partial charge in [0.15, 0.2) is 0 Å². The van der Waals surface area contributed by atoms with E-state index in [0.29, 0.717) is 0 Å². The minimum absolute atomic E-state index is 0.270. The van der Waals surface area contributed by atoms with E-state index in [0.717, 1.165) is 30.0 Å². The molecule has 1 nitrogen and oxygen atoms in total. The molecule has 0 fully saturated rings. The van der Waals surface area contributed by atoms with Gasteiger partial charge in [0, 0.05) is 17.0 Å². The molecule has 2 aromatic rings. The molecule has 8 heteroatoms. The Hall–Kier alpha value is -0.860. The van der Waals surface area contributed by atoms with Crippen molar-refractivity contribution in [1.29, 1.82) is 0 Å². The first-order chi connectivity index (χ1) is 12.7. The van der Waals surface area contributed by atoms with Crippen LogP contribution in [-0.4, -0.2) is 12.2 Å². The van der Waals surface area contributed by atoms with Crippen molar-refractivity contribution in [2.24, 2.45) is 5.92 Å². The second kappa shape index (κ2) is 10.1. The SMILES string of the molecule is C=CC(NSc1ccc(Sc2c(C)cccc2Cl)s1)C(C)/C=C/C(F)(F)F. The van der Waals surface area contributed by atoms with Crippen molar-refractivity contribution in [3.05, 3.63) is 65.7 Å². The summed E-state index contributed by atoms with van der Waals surface area (Å²) in [5, 5.41) is 0.720. The fourth-order valence-electron chi connectivity index (χ4n) is 2.14. The molecule has 0 spiro atoms. The Labute approximate surface area is 175 Å². The molecule has 0 saturated heterocycles. The van der Waals surface area contributed by atoms with Crippen molar-refractivity contribution in [2.45, 2.75) is 39.4 Å². The van der Waals surface area contributed by atoms with E-state index >= 15 is 0 Å². The molecule has 2 rings (SSSR count). The molecule has 0 aliphatic heterocycles. The zero-order valence-corrected chi connectivity index (χ0v) is 17.9. The maximum atomic E-state index is 12.3. The van der Waals surface area contributed by atoms with Crippen molar-refractivity contribution < 1.29 is 13.2 Å². The second-order valence-electron chi connectivity index (χ2n) is 5.80. The van der Waals surface area contributed by atoms with Gasteiger partial charge in [0.25, 0.3) is 0 Å².